The van der Waals surface area contributed by atoms with Crippen LogP contribution in [-0.4, -0.2) is 36.3 Å². The number of nitrogens with one attached hydrogen (secondary N) is 3. The van der Waals surface area contributed by atoms with Crippen LogP contribution < -0.4 is 20.9 Å². The van der Waals surface area contributed by atoms with Gasteiger partial charge in [0.05, 0.1) is 11.2 Å². The number of halogens is 3. The lowest BCUT2D eigenvalue weighted by Gasteiger charge is -2.31. The van der Waals surface area contributed by atoms with Gasteiger partial charge in [0.1, 0.15) is 11.6 Å². The number of aromatic nitrogens is 1. The van der Waals surface area contributed by atoms with Crippen LogP contribution in [0, 0.1) is 5.82 Å². The maximum Gasteiger partial charge on any atom is 0.171 e. The molecule has 33 heavy (non-hydrogen) atoms. The number of nitrogens with zero attached hydrogens (tertiary/aromatic N) is 2. The summed E-state index contributed by atoms with van der Waals surface area (Å²) in [5.74, 6) is 0.537. The molecule has 0 unspecified atom stereocenters. The SMILES string of the molecule is CN(C)c1cc(N[C@H]2CC[C@@H](NC(=S)Nc3c(F)cc(Br)cc3Br)CC2)nc2ccccc12. The van der Waals surface area contributed by atoms with Crippen LogP contribution in [0.2, 0.25) is 0 Å². The number of hydrogen-bond donors (Lipinski definition) is 3. The summed E-state index contributed by atoms with van der Waals surface area (Å²) >= 11 is 12.1. The molecule has 0 bridgehead atoms. The van der Waals surface area contributed by atoms with Gasteiger partial charge in [-0.3, -0.25) is 0 Å². The second kappa shape index (κ2) is 10.5. The lowest BCUT2D eigenvalue weighted by molar-refractivity contribution is 0.388. The molecule has 0 spiro atoms. The Kier molecular flexibility index (Phi) is 7.71. The van der Waals surface area contributed by atoms with Gasteiger partial charge in [-0.05, 0) is 72.0 Å². The Balaban J connectivity index is 1.34. The second-order valence-corrected chi connectivity index (χ2v) is 10.7. The van der Waals surface area contributed by atoms with Gasteiger partial charge in [0.25, 0.3) is 0 Å². The molecular formula is C24H26Br2FN5S. The van der Waals surface area contributed by atoms with E-state index >= 15 is 0 Å². The van der Waals surface area contributed by atoms with Gasteiger partial charge in [-0.1, -0.05) is 34.1 Å². The molecule has 1 heterocycles. The topological polar surface area (TPSA) is 52.2 Å². The first kappa shape index (κ1) is 24.2. The zero-order valence-electron chi connectivity index (χ0n) is 18.5. The fourth-order valence-electron chi connectivity index (χ4n) is 4.19. The first-order chi connectivity index (χ1) is 15.8. The Hall–Kier alpha value is -1.97. The van der Waals surface area contributed by atoms with Crippen molar-refractivity contribution < 1.29 is 4.39 Å². The first-order valence-corrected chi connectivity index (χ1v) is 12.9. The van der Waals surface area contributed by atoms with Crippen molar-refractivity contribution in [1.29, 1.82) is 0 Å². The summed E-state index contributed by atoms with van der Waals surface area (Å²) in [5.41, 5.74) is 2.48. The van der Waals surface area contributed by atoms with Gasteiger partial charge in [0.2, 0.25) is 0 Å². The third-order valence-electron chi connectivity index (χ3n) is 5.84. The second-order valence-electron chi connectivity index (χ2n) is 8.47. The van der Waals surface area contributed by atoms with Gasteiger partial charge in [-0.25, -0.2) is 9.37 Å². The van der Waals surface area contributed by atoms with Crippen LogP contribution in [0.5, 0.6) is 0 Å². The number of benzene rings is 2. The summed E-state index contributed by atoms with van der Waals surface area (Å²) in [6, 6.07) is 14.1. The minimum absolute atomic E-state index is 0.252. The van der Waals surface area contributed by atoms with Crippen LogP contribution in [0.4, 0.5) is 21.6 Å². The van der Waals surface area contributed by atoms with Crippen molar-refractivity contribution >= 4 is 77.3 Å². The predicted octanol–water partition coefficient (Wildman–Crippen LogP) is 6.67. The predicted molar refractivity (Wildman–Crippen MR) is 147 cm³/mol. The molecule has 0 amide bonds. The standard InChI is InChI=1S/C24H26Br2FN5S/c1-32(2)21-13-22(30-20-6-4-3-5-17(20)21)28-15-7-9-16(10-8-15)29-24(33)31-23-18(26)11-14(25)12-19(23)27/h3-6,11-13,15-16H,7-10H2,1-2H3,(H,28,30)(H2,29,31,33)/t15-,16+. The number of thiocarbonyl (C=S) groups is 1. The Morgan fingerprint density at radius 1 is 1.06 bits per heavy atom. The molecule has 0 radical (unpaired) electrons. The Morgan fingerprint density at radius 3 is 2.45 bits per heavy atom. The molecule has 0 saturated heterocycles. The molecule has 1 aliphatic rings. The highest BCUT2D eigenvalue weighted by molar-refractivity contribution is 9.11. The van der Waals surface area contributed by atoms with E-state index in [1.165, 1.54) is 6.07 Å². The quantitative estimate of drug-likeness (QED) is 0.287. The molecule has 4 rings (SSSR count). The fraction of sp³-hybridized carbons (Fsp3) is 0.333. The van der Waals surface area contributed by atoms with E-state index in [1.807, 2.05) is 12.1 Å². The molecule has 1 saturated carbocycles. The number of fused-ring (bicyclic) bond motifs is 1. The molecular weight excluding hydrogens is 569 g/mol. The molecule has 174 valence electrons. The van der Waals surface area contributed by atoms with E-state index < -0.39 is 0 Å². The van der Waals surface area contributed by atoms with Crippen molar-refractivity contribution in [3.8, 4) is 0 Å². The molecule has 1 aromatic heterocycles. The molecule has 1 fully saturated rings. The number of hydrogen-bond acceptors (Lipinski definition) is 4. The number of anilines is 3. The Labute approximate surface area is 215 Å². The maximum absolute atomic E-state index is 14.3. The van der Waals surface area contributed by atoms with Gasteiger partial charge < -0.3 is 20.9 Å². The lowest BCUT2D eigenvalue weighted by Crippen LogP contribution is -2.42. The zero-order chi connectivity index (χ0) is 23.5. The molecule has 2 aromatic carbocycles. The van der Waals surface area contributed by atoms with E-state index in [0.717, 1.165) is 48.1 Å². The van der Waals surface area contributed by atoms with Crippen molar-refractivity contribution in [3.63, 3.8) is 0 Å². The minimum atomic E-state index is -0.367. The smallest absolute Gasteiger partial charge is 0.171 e. The Bertz CT molecular complexity index is 1140. The third kappa shape index (κ3) is 5.94. The molecule has 9 heteroatoms. The van der Waals surface area contributed by atoms with Crippen molar-refractivity contribution in [2.24, 2.45) is 0 Å². The van der Waals surface area contributed by atoms with Gasteiger partial charge in [0, 0.05) is 52.3 Å². The minimum Gasteiger partial charge on any atom is -0.377 e. The average molecular weight is 595 g/mol. The van der Waals surface area contributed by atoms with Crippen molar-refractivity contribution in [2.45, 2.75) is 37.8 Å². The molecule has 5 nitrogen and oxygen atoms in total. The summed E-state index contributed by atoms with van der Waals surface area (Å²) in [6.45, 7) is 0. The average Bonchev–Trinajstić information content (AvgIpc) is 2.77. The summed E-state index contributed by atoms with van der Waals surface area (Å²) in [4.78, 5) is 6.94. The number of para-hydroxylation sites is 1. The highest BCUT2D eigenvalue weighted by Crippen LogP contribution is 2.31. The molecule has 1 aliphatic carbocycles. The van der Waals surface area contributed by atoms with Crippen LogP contribution in [0.3, 0.4) is 0 Å². The van der Waals surface area contributed by atoms with E-state index in [9.17, 15) is 4.39 Å². The molecule has 0 atom stereocenters. The molecule has 3 aromatic rings. The third-order valence-corrected chi connectivity index (χ3v) is 7.14. The highest BCUT2D eigenvalue weighted by atomic mass is 79.9. The Morgan fingerprint density at radius 2 is 1.76 bits per heavy atom. The highest BCUT2D eigenvalue weighted by Gasteiger charge is 2.23. The van der Waals surface area contributed by atoms with Crippen LogP contribution in [0.25, 0.3) is 10.9 Å². The van der Waals surface area contributed by atoms with Gasteiger partial charge in [-0.2, -0.15) is 0 Å². The molecule has 0 aliphatic heterocycles. The van der Waals surface area contributed by atoms with Crippen molar-refractivity contribution in [3.05, 3.63) is 57.2 Å². The summed E-state index contributed by atoms with van der Waals surface area (Å²) in [6.07, 6.45) is 3.94. The van der Waals surface area contributed by atoms with Crippen LogP contribution >= 0.6 is 44.1 Å². The van der Waals surface area contributed by atoms with E-state index in [-0.39, 0.29) is 11.9 Å². The largest absolute Gasteiger partial charge is 0.377 e. The van der Waals surface area contributed by atoms with Gasteiger partial charge in [-0.15, -0.1) is 0 Å². The monoisotopic (exact) mass is 593 g/mol. The van der Waals surface area contributed by atoms with Gasteiger partial charge in [0.15, 0.2) is 5.11 Å². The van der Waals surface area contributed by atoms with Crippen molar-refractivity contribution in [2.75, 3.05) is 29.6 Å². The number of pyridine rings is 1. The van der Waals surface area contributed by atoms with E-state index in [0.29, 0.717) is 25.8 Å². The zero-order valence-corrected chi connectivity index (χ0v) is 22.4. The van der Waals surface area contributed by atoms with E-state index in [1.54, 1.807) is 6.07 Å². The molecule has 3 N–H and O–H groups in total. The number of rotatable bonds is 5. The van der Waals surface area contributed by atoms with Crippen LogP contribution in [0.1, 0.15) is 25.7 Å². The lowest BCUT2D eigenvalue weighted by atomic mass is 9.91. The van der Waals surface area contributed by atoms with Crippen molar-refractivity contribution in [1.82, 2.24) is 10.3 Å². The van der Waals surface area contributed by atoms with Crippen LogP contribution in [-0.2, 0) is 0 Å². The summed E-state index contributed by atoms with van der Waals surface area (Å²) in [5, 5.41) is 11.5. The fourth-order valence-corrected chi connectivity index (χ4v) is 5.73. The van der Waals surface area contributed by atoms with Crippen LogP contribution in [0.15, 0.2) is 51.4 Å². The van der Waals surface area contributed by atoms with E-state index in [4.69, 9.17) is 17.2 Å². The van der Waals surface area contributed by atoms with E-state index in [2.05, 4.69) is 85.0 Å². The summed E-state index contributed by atoms with van der Waals surface area (Å²) in [7, 11) is 4.11. The van der Waals surface area contributed by atoms with Gasteiger partial charge >= 0.3 is 0 Å². The normalized spacial score (nSPS) is 18.1. The first-order valence-electron chi connectivity index (χ1n) is 10.9. The maximum atomic E-state index is 14.3. The summed E-state index contributed by atoms with van der Waals surface area (Å²) < 4.78 is 15.5.